The van der Waals surface area contributed by atoms with Gasteiger partial charge in [0.15, 0.2) is 0 Å². The van der Waals surface area contributed by atoms with Gasteiger partial charge in [-0.25, -0.2) is 8.57 Å². The molecule has 0 heterocycles. The van der Waals surface area contributed by atoms with E-state index in [9.17, 15) is 4.21 Å². The molecule has 112 valence electrons. The van der Waals surface area contributed by atoms with Crippen molar-refractivity contribution < 1.29 is 8.95 Å². The van der Waals surface area contributed by atoms with Crippen LogP contribution in [-0.4, -0.2) is 17.6 Å². The molecular weight excluding hydrogens is 284 g/mol. The van der Waals surface area contributed by atoms with Crippen LogP contribution in [-0.2, 0) is 22.0 Å². The molecule has 5 heteroatoms. The molecule has 0 radical (unpaired) electrons. The highest BCUT2D eigenvalue weighted by Crippen LogP contribution is 2.14. The first kappa shape index (κ1) is 15.4. The van der Waals surface area contributed by atoms with Crippen LogP contribution in [0.2, 0.25) is 0 Å². The number of methoxy groups -OCH3 is 1. The van der Waals surface area contributed by atoms with Crippen LogP contribution >= 0.6 is 0 Å². The summed E-state index contributed by atoms with van der Waals surface area (Å²) in [7, 11) is -0.648. The summed E-state index contributed by atoms with van der Waals surface area (Å²) in [5.41, 5.74) is 8.37. The van der Waals surface area contributed by atoms with Crippen LogP contribution in [0.1, 0.15) is 11.1 Å². The third-order valence-corrected chi connectivity index (χ3v) is 4.61. The van der Waals surface area contributed by atoms with Crippen molar-refractivity contribution >= 4 is 15.4 Å². The minimum Gasteiger partial charge on any atom is -0.497 e. The summed E-state index contributed by atoms with van der Waals surface area (Å²) in [6.07, 6.45) is 1.68. The monoisotopic (exact) mass is 304 g/mol. The molecule has 0 amide bonds. The van der Waals surface area contributed by atoms with Crippen molar-refractivity contribution in [1.29, 1.82) is 0 Å². The van der Waals surface area contributed by atoms with E-state index < -0.39 is 9.73 Å². The number of nitrogens with two attached hydrogens (primary N) is 1. The quantitative estimate of drug-likeness (QED) is 0.863. The van der Waals surface area contributed by atoms with Crippen molar-refractivity contribution in [1.82, 2.24) is 0 Å². The summed E-state index contributed by atoms with van der Waals surface area (Å²) in [6.45, 7) is 0.432. The molecule has 2 N–H and O–H groups in total. The summed E-state index contributed by atoms with van der Waals surface area (Å²) in [5, 5.41) is 0. The average molecular weight is 304 g/mol. The van der Waals surface area contributed by atoms with Crippen molar-refractivity contribution in [3.63, 3.8) is 0 Å². The van der Waals surface area contributed by atoms with Gasteiger partial charge in [-0.3, -0.25) is 0 Å². The standard InChI is InChI=1S/C16H20N2O2S/c1-20-16-8-6-13(7-9-16)11-18-21(2,19)12-14-4-3-5-15(17)10-14/h3-10H,11-12,17H2,1-2H3. The molecular formula is C16H20N2O2S. The molecule has 2 aromatic carbocycles. The number of hydrogen-bond donors (Lipinski definition) is 1. The third kappa shape index (κ3) is 4.79. The predicted molar refractivity (Wildman–Crippen MR) is 87.8 cm³/mol. The van der Waals surface area contributed by atoms with Gasteiger partial charge in [-0.1, -0.05) is 24.3 Å². The van der Waals surface area contributed by atoms with Crippen LogP contribution in [0, 0.1) is 0 Å². The molecule has 0 aliphatic carbocycles. The van der Waals surface area contributed by atoms with Crippen molar-refractivity contribution in [2.75, 3.05) is 19.1 Å². The first-order valence-corrected chi connectivity index (χ1v) is 8.71. The maximum absolute atomic E-state index is 12.5. The number of nitrogens with zero attached hydrogens (tertiary/aromatic N) is 1. The van der Waals surface area contributed by atoms with Crippen LogP contribution < -0.4 is 10.5 Å². The molecule has 0 aromatic heterocycles. The lowest BCUT2D eigenvalue weighted by molar-refractivity contribution is 0.414. The molecule has 4 nitrogen and oxygen atoms in total. The zero-order valence-electron chi connectivity index (χ0n) is 12.3. The zero-order valence-corrected chi connectivity index (χ0v) is 13.1. The van der Waals surface area contributed by atoms with E-state index in [1.54, 1.807) is 13.4 Å². The molecule has 0 aliphatic heterocycles. The molecule has 21 heavy (non-hydrogen) atoms. The van der Waals surface area contributed by atoms with E-state index >= 15 is 0 Å². The Morgan fingerprint density at radius 3 is 2.48 bits per heavy atom. The molecule has 0 aliphatic rings. The maximum Gasteiger partial charge on any atom is 0.118 e. The second-order valence-corrected chi connectivity index (χ2v) is 7.45. The Hall–Kier alpha value is -2.01. The summed E-state index contributed by atoms with van der Waals surface area (Å²) in [5.74, 6) is 1.21. The SMILES string of the molecule is COc1ccc(CN=S(C)(=O)Cc2cccc(N)c2)cc1. The number of rotatable bonds is 5. The van der Waals surface area contributed by atoms with Gasteiger partial charge in [-0.2, -0.15) is 0 Å². The van der Waals surface area contributed by atoms with Gasteiger partial charge in [0.1, 0.15) is 5.75 Å². The summed E-state index contributed by atoms with van der Waals surface area (Å²) in [4.78, 5) is 0. The number of nitrogen functional groups attached to an aromatic ring is 1. The highest BCUT2D eigenvalue weighted by Gasteiger charge is 2.04. The second-order valence-electron chi connectivity index (χ2n) is 4.98. The fourth-order valence-electron chi connectivity index (χ4n) is 1.98. The summed E-state index contributed by atoms with van der Waals surface area (Å²) >= 11 is 0. The Labute approximate surface area is 126 Å². The van der Waals surface area contributed by atoms with E-state index in [1.165, 1.54) is 0 Å². The topological polar surface area (TPSA) is 64.7 Å². The number of benzene rings is 2. The van der Waals surface area contributed by atoms with Crippen LogP contribution in [0.15, 0.2) is 52.9 Å². The van der Waals surface area contributed by atoms with Gasteiger partial charge in [0, 0.05) is 21.7 Å². The van der Waals surface area contributed by atoms with Crippen molar-refractivity contribution in [3.8, 4) is 5.75 Å². The first-order chi connectivity index (χ1) is 9.98. The van der Waals surface area contributed by atoms with Crippen molar-refractivity contribution in [3.05, 3.63) is 59.7 Å². The fourth-order valence-corrected chi connectivity index (χ4v) is 3.29. The van der Waals surface area contributed by atoms with E-state index in [-0.39, 0.29) is 0 Å². The highest BCUT2D eigenvalue weighted by atomic mass is 32.2. The first-order valence-electron chi connectivity index (χ1n) is 6.61. The maximum atomic E-state index is 12.5. The van der Waals surface area contributed by atoms with E-state index in [1.807, 2.05) is 48.5 Å². The van der Waals surface area contributed by atoms with Crippen LogP contribution in [0.25, 0.3) is 0 Å². The van der Waals surface area contributed by atoms with Gasteiger partial charge in [0.25, 0.3) is 0 Å². The van der Waals surface area contributed by atoms with E-state index in [0.29, 0.717) is 18.0 Å². The average Bonchev–Trinajstić information content (AvgIpc) is 2.45. The Balaban J connectivity index is 2.09. The largest absolute Gasteiger partial charge is 0.497 e. The molecule has 0 fully saturated rings. The molecule has 0 bridgehead atoms. The Morgan fingerprint density at radius 1 is 1.14 bits per heavy atom. The third-order valence-electron chi connectivity index (χ3n) is 3.06. The number of hydrogen-bond acceptors (Lipinski definition) is 4. The molecule has 2 rings (SSSR count). The molecule has 0 saturated heterocycles. The zero-order chi connectivity index (χ0) is 15.3. The molecule has 2 aromatic rings. The second kappa shape index (κ2) is 6.63. The lowest BCUT2D eigenvalue weighted by Crippen LogP contribution is -2.02. The predicted octanol–water partition coefficient (Wildman–Crippen LogP) is 3.08. The Bertz CT molecular complexity index is 717. The lowest BCUT2D eigenvalue weighted by Gasteiger charge is -2.06. The normalized spacial score (nSPS) is 13.4. The van der Waals surface area contributed by atoms with Gasteiger partial charge in [-0.15, -0.1) is 0 Å². The molecule has 0 saturated carbocycles. The van der Waals surface area contributed by atoms with Crippen LogP contribution in [0.5, 0.6) is 5.75 Å². The lowest BCUT2D eigenvalue weighted by atomic mass is 10.2. The van der Waals surface area contributed by atoms with Gasteiger partial charge >= 0.3 is 0 Å². The highest BCUT2D eigenvalue weighted by molar-refractivity contribution is 7.92. The van der Waals surface area contributed by atoms with Crippen molar-refractivity contribution in [2.24, 2.45) is 4.36 Å². The van der Waals surface area contributed by atoms with Gasteiger partial charge < -0.3 is 10.5 Å². The minimum absolute atomic E-state index is 0.411. The van der Waals surface area contributed by atoms with E-state index in [0.717, 1.165) is 16.9 Å². The number of anilines is 1. The summed E-state index contributed by atoms with van der Waals surface area (Å²) < 4.78 is 22.0. The van der Waals surface area contributed by atoms with E-state index in [4.69, 9.17) is 10.5 Å². The van der Waals surface area contributed by atoms with Crippen LogP contribution in [0.4, 0.5) is 5.69 Å². The van der Waals surface area contributed by atoms with Gasteiger partial charge in [0.2, 0.25) is 0 Å². The summed E-state index contributed by atoms with van der Waals surface area (Å²) in [6, 6.07) is 15.0. The molecule has 1 atom stereocenters. The Morgan fingerprint density at radius 2 is 1.86 bits per heavy atom. The molecule has 0 spiro atoms. The van der Waals surface area contributed by atoms with Gasteiger partial charge in [-0.05, 0) is 35.4 Å². The Kier molecular flexibility index (Phi) is 4.85. The van der Waals surface area contributed by atoms with E-state index in [2.05, 4.69) is 4.36 Å². The smallest absolute Gasteiger partial charge is 0.118 e. The fraction of sp³-hybridized carbons (Fsp3) is 0.250. The minimum atomic E-state index is -2.28. The van der Waals surface area contributed by atoms with Gasteiger partial charge in [0.05, 0.1) is 19.4 Å². The number of ether oxygens (including phenoxy) is 1. The van der Waals surface area contributed by atoms with Crippen LogP contribution in [0.3, 0.4) is 0 Å². The van der Waals surface area contributed by atoms with Crippen molar-refractivity contribution in [2.45, 2.75) is 12.3 Å². The molecule has 1 unspecified atom stereocenters.